The van der Waals surface area contributed by atoms with Crippen LogP contribution >= 0.6 is 0 Å². The summed E-state index contributed by atoms with van der Waals surface area (Å²) in [7, 11) is -4.26. The Kier molecular flexibility index (Phi) is 8.26. The quantitative estimate of drug-likeness (QED) is 0.111. The number of halogens is 5. The fourth-order valence-corrected chi connectivity index (χ4v) is 5.58. The number of rotatable bonds is 5. The topological polar surface area (TPSA) is 137 Å². The number of nitrogens with zero attached hydrogens (tertiary/aromatic N) is 2. The number of carboxylic acid groups (broad SMARTS) is 1. The minimum Gasteiger partial charge on any atom is -0.543 e. The van der Waals surface area contributed by atoms with Gasteiger partial charge in [-0.1, -0.05) is 12.1 Å². The Labute approximate surface area is 232 Å². The van der Waals surface area contributed by atoms with Crippen molar-refractivity contribution in [1.29, 1.82) is 0 Å². The number of carbonyl (C=O) groups excluding carboxylic acids is 3. The second-order valence-electron chi connectivity index (χ2n) is 7.62. The Balaban J connectivity index is 0.00000400. The Morgan fingerprint density at radius 1 is 1.05 bits per heavy atom. The third-order valence-electron chi connectivity index (χ3n) is 5.29. The maximum Gasteiger partial charge on any atom is 1.00 e. The molecule has 0 saturated carbocycles. The van der Waals surface area contributed by atoms with Crippen molar-refractivity contribution in [3.8, 4) is 0 Å². The first-order valence-electron chi connectivity index (χ1n) is 9.98. The second kappa shape index (κ2) is 10.8. The average molecular weight is 563 g/mol. The summed E-state index contributed by atoms with van der Waals surface area (Å²) in [6.07, 6.45) is 3.55. The molecule has 1 saturated heterocycles. The number of hydrogen-bond acceptors (Lipinski definition) is 7. The summed E-state index contributed by atoms with van der Waals surface area (Å²) in [5, 5.41) is 11.5. The van der Waals surface area contributed by atoms with Crippen LogP contribution in [0.2, 0.25) is 0 Å². The number of pyridine rings is 1. The van der Waals surface area contributed by atoms with E-state index in [-0.39, 0.29) is 40.8 Å². The van der Waals surface area contributed by atoms with Gasteiger partial charge in [0, 0.05) is 12.3 Å². The van der Waals surface area contributed by atoms with Crippen LogP contribution in [0.15, 0.2) is 53.4 Å². The molecule has 2 amide bonds. The zero-order valence-corrected chi connectivity index (χ0v) is 21.8. The minimum atomic E-state index is -4.26. The number of amides is 2. The fraction of sp³-hybridized carbons (Fsp3) is 0.0909. The predicted octanol–water partition coefficient (Wildman–Crippen LogP) is -2.04. The first-order valence-corrected chi connectivity index (χ1v) is 11.7. The van der Waals surface area contributed by atoms with Crippen molar-refractivity contribution in [2.45, 2.75) is 5.37 Å². The molecule has 1 aromatic carbocycles. The third kappa shape index (κ3) is 5.01. The van der Waals surface area contributed by atoms with Crippen LogP contribution in [0.3, 0.4) is 0 Å². The number of nitrogens with one attached hydrogen (secondary N) is 1. The summed E-state index contributed by atoms with van der Waals surface area (Å²) in [6, 6.07) is 4.62. The maximum absolute atomic E-state index is 13.8. The monoisotopic (exact) mass is 563 g/mol. The molecule has 2 aromatic rings. The molecule has 1 N–H and O–H groups in total. The van der Waals surface area contributed by atoms with Crippen LogP contribution in [-0.4, -0.2) is 47.2 Å². The van der Waals surface area contributed by atoms with Gasteiger partial charge in [0.15, 0.2) is 38.5 Å². The fourth-order valence-electron chi connectivity index (χ4n) is 3.68. The van der Waals surface area contributed by atoms with E-state index in [1.165, 1.54) is 23.7 Å². The standard InChI is InChI=1S/C22H12F5N3O6S.Na/c23-13-14(24)16(26)18(17(27)15(13)25)29-12(31)5-4-9-8-37(35,36)21-11(7-10-3-1-2-6-28-10)20(32)30(21)19(9)22(33)34;/h1-7,21H,8H2,(H,29,31)(H,33,34);/q;+1/p-1/b5-4+,11-7-;/t21-;/m1./s1. The van der Waals surface area contributed by atoms with E-state index in [9.17, 15) is 49.9 Å². The number of aliphatic carboxylic acids is 1. The van der Waals surface area contributed by atoms with Crippen LogP contribution in [0, 0.1) is 29.1 Å². The van der Waals surface area contributed by atoms with Crippen molar-refractivity contribution < 1.29 is 79.4 Å². The van der Waals surface area contributed by atoms with Gasteiger partial charge >= 0.3 is 29.6 Å². The summed E-state index contributed by atoms with van der Waals surface area (Å²) in [5.74, 6) is -17.2. The molecular weight excluding hydrogens is 552 g/mol. The zero-order valence-electron chi connectivity index (χ0n) is 19.0. The molecule has 0 unspecified atom stereocenters. The van der Waals surface area contributed by atoms with E-state index < -0.39 is 84.8 Å². The van der Waals surface area contributed by atoms with Gasteiger partial charge in [-0.15, -0.1) is 0 Å². The van der Waals surface area contributed by atoms with Gasteiger partial charge in [0.1, 0.15) is 5.69 Å². The SMILES string of the molecule is O=C(/C=C/C1=C(C(=O)[O-])N2C(=O)/C(=C/c3ccccn3)[C@H]2S(=O)(=O)C1)Nc1c(F)c(F)c(F)c(F)c1F.[Na+]. The molecule has 4 rings (SSSR count). The summed E-state index contributed by atoms with van der Waals surface area (Å²) in [4.78, 5) is 40.9. The molecule has 1 fully saturated rings. The van der Waals surface area contributed by atoms with Crippen LogP contribution in [0.5, 0.6) is 0 Å². The van der Waals surface area contributed by atoms with Crippen molar-refractivity contribution in [2.24, 2.45) is 0 Å². The number of anilines is 1. The molecule has 2 aliphatic rings. The number of carboxylic acids is 1. The van der Waals surface area contributed by atoms with E-state index in [0.717, 1.165) is 0 Å². The normalized spacial score (nSPS) is 19.2. The van der Waals surface area contributed by atoms with Crippen LogP contribution in [-0.2, 0) is 24.2 Å². The summed E-state index contributed by atoms with van der Waals surface area (Å²) >= 11 is 0. The molecule has 9 nitrogen and oxygen atoms in total. The van der Waals surface area contributed by atoms with Crippen LogP contribution < -0.4 is 40.0 Å². The number of benzene rings is 1. The summed E-state index contributed by atoms with van der Waals surface area (Å²) in [6.45, 7) is 0. The minimum absolute atomic E-state index is 0. The smallest absolute Gasteiger partial charge is 0.543 e. The van der Waals surface area contributed by atoms with Crippen LogP contribution in [0.1, 0.15) is 5.69 Å². The maximum atomic E-state index is 13.8. The Morgan fingerprint density at radius 2 is 1.66 bits per heavy atom. The second-order valence-corrected chi connectivity index (χ2v) is 9.68. The van der Waals surface area contributed by atoms with Gasteiger partial charge in [0.05, 0.1) is 28.7 Å². The van der Waals surface area contributed by atoms with Crippen LogP contribution in [0.25, 0.3) is 6.08 Å². The van der Waals surface area contributed by atoms with Gasteiger partial charge in [0.2, 0.25) is 11.7 Å². The largest absolute Gasteiger partial charge is 1.00 e. The molecule has 1 atom stereocenters. The number of aromatic nitrogens is 1. The number of allylic oxidation sites excluding steroid dienone is 1. The number of fused-ring (bicyclic) bond motifs is 1. The van der Waals surface area contributed by atoms with Gasteiger partial charge < -0.3 is 15.2 Å². The van der Waals surface area contributed by atoms with Gasteiger partial charge in [-0.05, 0) is 23.8 Å². The van der Waals surface area contributed by atoms with E-state index in [1.54, 1.807) is 12.1 Å². The Bertz CT molecular complexity index is 1550. The zero-order chi connectivity index (χ0) is 27.2. The van der Waals surface area contributed by atoms with Crippen molar-refractivity contribution in [2.75, 3.05) is 11.1 Å². The van der Waals surface area contributed by atoms with Gasteiger partial charge in [-0.25, -0.2) is 30.4 Å². The molecule has 0 radical (unpaired) electrons. The number of hydrogen-bond donors (Lipinski definition) is 1. The van der Waals surface area contributed by atoms with Gasteiger partial charge in [-0.3, -0.25) is 19.5 Å². The molecule has 0 bridgehead atoms. The van der Waals surface area contributed by atoms with Crippen molar-refractivity contribution in [3.05, 3.63) is 88.2 Å². The molecule has 0 aliphatic carbocycles. The van der Waals surface area contributed by atoms with Gasteiger partial charge in [0.25, 0.3) is 5.91 Å². The average Bonchev–Trinajstić information content (AvgIpc) is 2.85. The number of β-lactam (4-membered cyclic amide) rings is 1. The van der Waals surface area contributed by atoms with Crippen molar-refractivity contribution in [1.82, 2.24) is 9.88 Å². The van der Waals surface area contributed by atoms with E-state index in [0.29, 0.717) is 17.1 Å². The molecule has 2 aliphatic heterocycles. The first kappa shape index (κ1) is 29.2. The predicted molar refractivity (Wildman–Crippen MR) is 113 cm³/mol. The summed E-state index contributed by atoms with van der Waals surface area (Å²) < 4.78 is 93.0. The van der Waals surface area contributed by atoms with Crippen LogP contribution in [0.4, 0.5) is 27.6 Å². The molecule has 38 heavy (non-hydrogen) atoms. The Morgan fingerprint density at radius 3 is 2.21 bits per heavy atom. The number of carbonyl (C=O) groups is 3. The van der Waals surface area contributed by atoms with Gasteiger partial charge in [-0.2, -0.15) is 0 Å². The van der Waals surface area contributed by atoms with Crippen molar-refractivity contribution in [3.63, 3.8) is 0 Å². The molecule has 0 spiro atoms. The van der Waals surface area contributed by atoms with E-state index in [1.807, 2.05) is 0 Å². The molecule has 16 heteroatoms. The first-order chi connectivity index (χ1) is 17.3. The Hall–Kier alpha value is -3.40. The molecule has 1 aromatic heterocycles. The molecule has 192 valence electrons. The van der Waals surface area contributed by atoms with Crippen molar-refractivity contribution >= 4 is 39.4 Å². The molecular formula is C22H11F5N3NaO6S. The molecule has 3 heterocycles. The van der Waals surface area contributed by atoms with E-state index in [4.69, 9.17) is 0 Å². The van der Waals surface area contributed by atoms with E-state index in [2.05, 4.69) is 4.98 Å². The van der Waals surface area contributed by atoms with E-state index >= 15 is 0 Å². The summed E-state index contributed by atoms with van der Waals surface area (Å²) in [5.41, 5.74) is -3.20. The number of sulfone groups is 1. The third-order valence-corrected chi connectivity index (χ3v) is 7.15.